The molecule has 2 heterocycles. The van der Waals surface area contributed by atoms with Crippen molar-refractivity contribution in [2.45, 2.75) is 32.2 Å². The molecule has 5 nitrogen and oxygen atoms in total. The number of pyridine rings is 1. The zero-order valence-corrected chi connectivity index (χ0v) is 14.0. The lowest BCUT2D eigenvalue weighted by molar-refractivity contribution is -0.119. The molecule has 24 heavy (non-hydrogen) atoms. The van der Waals surface area contributed by atoms with Gasteiger partial charge in [0.1, 0.15) is 12.4 Å². The molecular formula is C19H22N2O3. The molecule has 0 bridgehead atoms. The molecule has 2 unspecified atom stereocenters. The molecule has 2 aliphatic rings. The Morgan fingerprint density at radius 2 is 2.17 bits per heavy atom. The lowest BCUT2D eigenvalue weighted by Crippen LogP contribution is -2.35. The number of amides is 1. The first-order chi connectivity index (χ1) is 11.7. The van der Waals surface area contributed by atoms with E-state index in [2.05, 4.69) is 16.4 Å². The average Bonchev–Trinajstić information content (AvgIpc) is 3.35. The number of aryl methyl sites for hydroxylation is 1. The van der Waals surface area contributed by atoms with Crippen molar-refractivity contribution in [3.05, 3.63) is 30.0 Å². The average molecular weight is 326 g/mol. The number of carbonyl (C=O) groups is 1. The second-order valence-electron chi connectivity index (χ2n) is 6.85. The maximum atomic E-state index is 11.7. The van der Waals surface area contributed by atoms with E-state index in [-0.39, 0.29) is 11.9 Å². The highest BCUT2D eigenvalue weighted by atomic mass is 16.5. The number of nitrogens with zero attached hydrogens (tertiary/aromatic N) is 1. The van der Waals surface area contributed by atoms with Gasteiger partial charge in [0.15, 0.2) is 0 Å². The molecule has 1 aliphatic heterocycles. The highest BCUT2D eigenvalue weighted by Crippen LogP contribution is 2.42. The van der Waals surface area contributed by atoms with Gasteiger partial charge in [0.05, 0.1) is 13.2 Å². The van der Waals surface area contributed by atoms with E-state index in [1.807, 2.05) is 19.1 Å². The van der Waals surface area contributed by atoms with Crippen LogP contribution in [-0.2, 0) is 4.79 Å². The van der Waals surface area contributed by atoms with Crippen molar-refractivity contribution < 1.29 is 14.3 Å². The molecule has 1 aromatic carbocycles. The number of hydrogen-bond acceptors (Lipinski definition) is 4. The van der Waals surface area contributed by atoms with Gasteiger partial charge < -0.3 is 14.8 Å². The number of rotatable bonds is 5. The van der Waals surface area contributed by atoms with E-state index in [0.717, 1.165) is 22.1 Å². The first-order valence-corrected chi connectivity index (χ1v) is 8.51. The molecular weight excluding hydrogens is 304 g/mol. The minimum Gasteiger partial charge on any atom is -0.496 e. The van der Waals surface area contributed by atoms with Crippen molar-refractivity contribution in [3.63, 3.8) is 0 Å². The van der Waals surface area contributed by atoms with Crippen molar-refractivity contribution in [1.82, 2.24) is 10.3 Å². The Hall–Kier alpha value is -2.30. The number of carbonyl (C=O) groups excluding carboxylic acids is 1. The van der Waals surface area contributed by atoms with Crippen LogP contribution in [0.5, 0.6) is 11.6 Å². The maximum Gasteiger partial charge on any atom is 0.221 e. The molecule has 1 saturated carbocycles. The Labute approximate surface area is 141 Å². The van der Waals surface area contributed by atoms with E-state index < -0.39 is 0 Å². The largest absolute Gasteiger partial charge is 0.496 e. The van der Waals surface area contributed by atoms with Crippen molar-refractivity contribution >= 4 is 16.7 Å². The predicted molar refractivity (Wildman–Crippen MR) is 91.3 cm³/mol. The summed E-state index contributed by atoms with van der Waals surface area (Å²) in [7, 11) is 1.67. The third-order valence-corrected chi connectivity index (χ3v) is 5.15. The second kappa shape index (κ2) is 5.96. The molecule has 1 saturated heterocycles. The predicted octanol–water partition coefficient (Wildman–Crippen LogP) is 2.85. The third kappa shape index (κ3) is 2.79. The second-order valence-corrected chi connectivity index (χ2v) is 6.85. The number of nitrogens with one attached hydrogen (secondary N) is 1. The summed E-state index contributed by atoms with van der Waals surface area (Å²) in [5.74, 6) is 2.65. The minimum atomic E-state index is 0.0920. The monoisotopic (exact) mass is 326 g/mol. The SMILES string of the molecule is COc1cc2c(OCC3NC(=O)CC3C3CC3)nccc2cc1C. The zero-order valence-electron chi connectivity index (χ0n) is 14.0. The van der Waals surface area contributed by atoms with E-state index in [4.69, 9.17) is 9.47 Å². The van der Waals surface area contributed by atoms with Crippen LogP contribution in [0.4, 0.5) is 0 Å². The molecule has 2 fully saturated rings. The van der Waals surface area contributed by atoms with E-state index in [1.54, 1.807) is 13.3 Å². The summed E-state index contributed by atoms with van der Waals surface area (Å²) >= 11 is 0. The van der Waals surface area contributed by atoms with Crippen molar-refractivity contribution in [3.8, 4) is 11.6 Å². The number of ether oxygens (including phenoxy) is 2. The van der Waals surface area contributed by atoms with Gasteiger partial charge in [-0.05, 0) is 60.7 Å². The summed E-state index contributed by atoms with van der Waals surface area (Å²) in [6, 6.07) is 6.11. The van der Waals surface area contributed by atoms with E-state index >= 15 is 0 Å². The van der Waals surface area contributed by atoms with Crippen LogP contribution < -0.4 is 14.8 Å². The molecule has 1 N–H and O–H groups in total. The van der Waals surface area contributed by atoms with Crippen LogP contribution in [0.15, 0.2) is 24.4 Å². The lowest BCUT2D eigenvalue weighted by Gasteiger charge is -2.19. The first kappa shape index (κ1) is 15.2. The number of methoxy groups -OCH3 is 1. The van der Waals surface area contributed by atoms with E-state index in [0.29, 0.717) is 30.7 Å². The molecule has 5 heteroatoms. The Bertz CT molecular complexity index is 786. The molecule has 1 aromatic heterocycles. The first-order valence-electron chi connectivity index (χ1n) is 8.51. The van der Waals surface area contributed by atoms with Gasteiger partial charge in [-0.2, -0.15) is 0 Å². The summed E-state index contributed by atoms with van der Waals surface area (Å²) in [6.45, 7) is 2.49. The van der Waals surface area contributed by atoms with Gasteiger partial charge in [0.25, 0.3) is 0 Å². The highest BCUT2D eigenvalue weighted by Gasteiger charge is 2.42. The number of benzene rings is 1. The van der Waals surface area contributed by atoms with E-state index in [9.17, 15) is 4.79 Å². The van der Waals surface area contributed by atoms with Crippen LogP contribution in [-0.4, -0.2) is 30.6 Å². The molecule has 2 atom stereocenters. The zero-order chi connectivity index (χ0) is 16.7. The van der Waals surface area contributed by atoms with E-state index in [1.165, 1.54) is 12.8 Å². The van der Waals surface area contributed by atoms with Crippen molar-refractivity contribution in [1.29, 1.82) is 0 Å². The normalized spacial score (nSPS) is 23.3. The minimum absolute atomic E-state index is 0.0920. The highest BCUT2D eigenvalue weighted by molar-refractivity contribution is 5.89. The summed E-state index contributed by atoms with van der Waals surface area (Å²) in [6.07, 6.45) is 4.86. The number of fused-ring (bicyclic) bond motifs is 1. The topological polar surface area (TPSA) is 60.5 Å². The summed E-state index contributed by atoms with van der Waals surface area (Å²) in [4.78, 5) is 16.1. The number of aromatic nitrogens is 1. The molecule has 0 radical (unpaired) electrons. The molecule has 126 valence electrons. The van der Waals surface area contributed by atoms with Gasteiger partial charge in [0, 0.05) is 18.0 Å². The van der Waals surface area contributed by atoms with Gasteiger partial charge in [-0.15, -0.1) is 0 Å². The van der Waals surface area contributed by atoms with Gasteiger partial charge in [-0.3, -0.25) is 4.79 Å². The lowest BCUT2D eigenvalue weighted by atomic mass is 9.96. The number of hydrogen-bond donors (Lipinski definition) is 1. The van der Waals surface area contributed by atoms with Crippen LogP contribution >= 0.6 is 0 Å². The van der Waals surface area contributed by atoms with Crippen LogP contribution in [0.3, 0.4) is 0 Å². The molecule has 2 aromatic rings. The van der Waals surface area contributed by atoms with Crippen LogP contribution in [0.1, 0.15) is 24.8 Å². The molecule has 1 aliphatic carbocycles. The van der Waals surface area contributed by atoms with Crippen molar-refractivity contribution in [2.24, 2.45) is 11.8 Å². The van der Waals surface area contributed by atoms with Gasteiger partial charge in [-0.25, -0.2) is 4.98 Å². The summed E-state index contributed by atoms with van der Waals surface area (Å²) in [5, 5.41) is 5.07. The van der Waals surface area contributed by atoms with Crippen LogP contribution in [0.25, 0.3) is 10.8 Å². The van der Waals surface area contributed by atoms with Crippen molar-refractivity contribution in [2.75, 3.05) is 13.7 Å². The Morgan fingerprint density at radius 3 is 2.92 bits per heavy atom. The molecule has 0 spiro atoms. The molecule has 1 amide bonds. The van der Waals surface area contributed by atoms with Gasteiger partial charge in [0.2, 0.25) is 11.8 Å². The Balaban J connectivity index is 1.57. The molecule has 4 rings (SSSR count). The van der Waals surface area contributed by atoms with Crippen LogP contribution in [0.2, 0.25) is 0 Å². The Kier molecular flexibility index (Phi) is 3.79. The third-order valence-electron chi connectivity index (χ3n) is 5.15. The van der Waals surface area contributed by atoms with Crippen LogP contribution in [0, 0.1) is 18.8 Å². The fourth-order valence-electron chi connectivity index (χ4n) is 3.71. The quantitative estimate of drug-likeness (QED) is 0.918. The summed E-state index contributed by atoms with van der Waals surface area (Å²) < 4.78 is 11.4. The van der Waals surface area contributed by atoms with Gasteiger partial charge >= 0.3 is 0 Å². The fourth-order valence-corrected chi connectivity index (χ4v) is 3.71. The smallest absolute Gasteiger partial charge is 0.221 e. The fraction of sp³-hybridized carbons (Fsp3) is 0.474. The Morgan fingerprint density at radius 1 is 1.33 bits per heavy atom. The summed E-state index contributed by atoms with van der Waals surface area (Å²) in [5.41, 5.74) is 1.08. The standard InChI is InChI=1S/C19H22N2O3/c1-11-7-13-5-6-20-19(15(13)8-17(11)23-2)24-10-16-14(12-3-4-12)9-18(22)21-16/h5-8,12,14,16H,3-4,9-10H2,1-2H3,(H,21,22). The van der Waals surface area contributed by atoms with Gasteiger partial charge in [-0.1, -0.05) is 0 Å². The maximum absolute atomic E-state index is 11.7.